The number of likely N-dealkylation sites (tertiary alicyclic amines) is 1. The monoisotopic (exact) mass is 350 g/mol. The summed E-state index contributed by atoms with van der Waals surface area (Å²) in [4.78, 5) is 7.10. The van der Waals surface area contributed by atoms with Crippen LogP contribution in [0.1, 0.15) is 39.0 Å². The van der Waals surface area contributed by atoms with Gasteiger partial charge in [0, 0.05) is 31.8 Å². The number of alkyl halides is 3. The van der Waals surface area contributed by atoms with Crippen LogP contribution in [-0.4, -0.2) is 68.5 Å². The van der Waals surface area contributed by atoms with Crippen LogP contribution in [0.3, 0.4) is 0 Å². The van der Waals surface area contributed by atoms with Gasteiger partial charge in [0.15, 0.2) is 5.96 Å². The Bertz CT molecular complexity index is 403. The lowest BCUT2D eigenvalue weighted by molar-refractivity contribution is -0.132. The average Bonchev–Trinajstić information content (AvgIpc) is 3.07. The number of nitrogens with zero attached hydrogens (tertiary/aromatic N) is 2. The van der Waals surface area contributed by atoms with E-state index in [1.54, 1.807) is 0 Å². The Morgan fingerprint density at radius 2 is 1.83 bits per heavy atom. The van der Waals surface area contributed by atoms with E-state index in [9.17, 15) is 13.2 Å². The molecule has 0 saturated carbocycles. The summed E-state index contributed by atoms with van der Waals surface area (Å²) in [7, 11) is 0. The number of guanidine groups is 1. The molecule has 140 valence electrons. The lowest BCUT2D eigenvalue weighted by Gasteiger charge is -2.43. The molecule has 2 aliphatic heterocycles. The first-order valence-electron chi connectivity index (χ1n) is 8.87. The summed E-state index contributed by atoms with van der Waals surface area (Å²) in [5.74, 6) is 0.465. The second kappa shape index (κ2) is 8.89. The standard InChI is InChI=1S/C16H29F3N4O/c1-2-20-14(21-8-5-16(17,18)19)22-13-15(6-11-24-12-7-15)23-9-3-4-10-23/h2-13H2,1H3,(H2,20,21,22). The van der Waals surface area contributed by atoms with Crippen molar-refractivity contribution < 1.29 is 17.9 Å². The second-order valence-corrected chi connectivity index (χ2v) is 6.52. The molecule has 0 bridgehead atoms. The van der Waals surface area contributed by atoms with E-state index in [4.69, 9.17) is 4.74 Å². The Labute approximate surface area is 142 Å². The first-order valence-corrected chi connectivity index (χ1v) is 8.87. The van der Waals surface area contributed by atoms with Crippen LogP contribution in [0.5, 0.6) is 0 Å². The van der Waals surface area contributed by atoms with Crippen molar-refractivity contribution in [2.24, 2.45) is 4.99 Å². The predicted octanol–water partition coefficient (Wildman–Crippen LogP) is 2.14. The molecule has 2 saturated heterocycles. The third-order valence-corrected chi connectivity index (χ3v) is 4.78. The fraction of sp³-hybridized carbons (Fsp3) is 0.938. The molecule has 0 unspecified atom stereocenters. The van der Waals surface area contributed by atoms with Crippen molar-refractivity contribution in [2.75, 3.05) is 45.9 Å². The van der Waals surface area contributed by atoms with Gasteiger partial charge in [-0.25, -0.2) is 0 Å². The van der Waals surface area contributed by atoms with E-state index in [-0.39, 0.29) is 12.1 Å². The van der Waals surface area contributed by atoms with Gasteiger partial charge in [-0.05, 0) is 45.7 Å². The maximum absolute atomic E-state index is 12.3. The van der Waals surface area contributed by atoms with E-state index in [1.807, 2.05) is 6.92 Å². The maximum atomic E-state index is 12.3. The Hall–Kier alpha value is -1.02. The molecule has 5 nitrogen and oxygen atoms in total. The van der Waals surface area contributed by atoms with E-state index in [0.717, 1.165) is 39.1 Å². The Morgan fingerprint density at radius 3 is 2.42 bits per heavy atom. The maximum Gasteiger partial charge on any atom is 0.390 e. The van der Waals surface area contributed by atoms with Crippen LogP contribution >= 0.6 is 0 Å². The van der Waals surface area contributed by atoms with Crippen molar-refractivity contribution in [1.82, 2.24) is 15.5 Å². The number of aliphatic imine (C=N–C) groups is 1. The first-order chi connectivity index (χ1) is 11.5. The highest BCUT2D eigenvalue weighted by Crippen LogP contribution is 2.31. The van der Waals surface area contributed by atoms with Crippen LogP contribution in [0, 0.1) is 0 Å². The average molecular weight is 350 g/mol. The molecular weight excluding hydrogens is 321 g/mol. The quantitative estimate of drug-likeness (QED) is 0.569. The normalized spacial score (nSPS) is 22.6. The summed E-state index contributed by atoms with van der Waals surface area (Å²) < 4.78 is 42.4. The third kappa shape index (κ3) is 5.81. The Kier molecular flexibility index (Phi) is 7.16. The molecule has 2 aliphatic rings. The number of hydrogen-bond donors (Lipinski definition) is 2. The zero-order valence-electron chi connectivity index (χ0n) is 14.4. The van der Waals surface area contributed by atoms with E-state index < -0.39 is 12.6 Å². The molecule has 0 aromatic heterocycles. The number of ether oxygens (including phenoxy) is 1. The minimum absolute atomic E-state index is 0.0128. The van der Waals surface area contributed by atoms with Crippen molar-refractivity contribution >= 4 is 5.96 Å². The molecule has 8 heteroatoms. The number of rotatable bonds is 6. The van der Waals surface area contributed by atoms with Crippen molar-refractivity contribution in [3.8, 4) is 0 Å². The van der Waals surface area contributed by atoms with Gasteiger partial charge in [0.05, 0.1) is 13.0 Å². The third-order valence-electron chi connectivity index (χ3n) is 4.78. The predicted molar refractivity (Wildman–Crippen MR) is 88.2 cm³/mol. The molecule has 0 aliphatic carbocycles. The fourth-order valence-corrected chi connectivity index (χ4v) is 3.41. The van der Waals surface area contributed by atoms with Crippen molar-refractivity contribution in [3.63, 3.8) is 0 Å². The molecule has 0 radical (unpaired) electrons. The smallest absolute Gasteiger partial charge is 0.381 e. The summed E-state index contributed by atoms with van der Waals surface area (Å²) in [5.41, 5.74) is -0.0128. The topological polar surface area (TPSA) is 48.9 Å². The van der Waals surface area contributed by atoms with Crippen LogP contribution in [0.25, 0.3) is 0 Å². The lowest BCUT2D eigenvalue weighted by atomic mass is 9.88. The van der Waals surface area contributed by atoms with Gasteiger partial charge in [-0.15, -0.1) is 0 Å². The summed E-state index contributed by atoms with van der Waals surface area (Å²) >= 11 is 0. The van der Waals surface area contributed by atoms with E-state index in [1.165, 1.54) is 12.8 Å². The molecular formula is C16H29F3N4O. The van der Waals surface area contributed by atoms with Gasteiger partial charge in [0.25, 0.3) is 0 Å². The fourth-order valence-electron chi connectivity index (χ4n) is 3.41. The van der Waals surface area contributed by atoms with Gasteiger partial charge in [-0.3, -0.25) is 9.89 Å². The highest BCUT2D eigenvalue weighted by Gasteiger charge is 2.39. The summed E-state index contributed by atoms with van der Waals surface area (Å²) in [5, 5.41) is 5.83. The van der Waals surface area contributed by atoms with Crippen molar-refractivity contribution in [1.29, 1.82) is 0 Å². The zero-order valence-corrected chi connectivity index (χ0v) is 14.4. The Morgan fingerprint density at radius 1 is 1.17 bits per heavy atom. The molecule has 2 fully saturated rings. The molecule has 0 amide bonds. The molecule has 2 rings (SSSR count). The van der Waals surface area contributed by atoms with Gasteiger partial charge in [0.1, 0.15) is 0 Å². The Balaban J connectivity index is 1.97. The molecule has 0 aromatic carbocycles. The van der Waals surface area contributed by atoms with E-state index in [2.05, 4.69) is 20.5 Å². The molecule has 0 spiro atoms. The number of halogens is 3. The minimum Gasteiger partial charge on any atom is -0.381 e. The zero-order chi connectivity index (χ0) is 17.5. The molecule has 0 atom stereocenters. The van der Waals surface area contributed by atoms with Crippen LogP contribution in [0.15, 0.2) is 4.99 Å². The number of nitrogens with one attached hydrogen (secondary N) is 2. The van der Waals surface area contributed by atoms with Crippen molar-refractivity contribution in [2.45, 2.75) is 50.7 Å². The lowest BCUT2D eigenvalue weighted by Crippen LogP contribution is -2.54. The first kappa shape index (κ1) is 19.3. The highest BCUT2D eigenvalue weighted by molar-refractivity contribution is 5.79. The highest BCUT2D eigenvalue weighted by atomic mass is 19.4. The van der Waals surface area contributed by atoms with Crippen LogP contribution < -0.4 is 10.6 Å². The number of hydrogen-bond acceptors (Lipinski definition) is 3. The van der Waals surface area contributed by atoms with Crippen molar-refractivity contribution in [3.05, 3.63) is 0 Å². The van der Waals surface area contributed by atoms with Gasteiger partial charge in [-0.1, -0.05) is 0 Å². The van der Waals surface area contributed by atoms with Gasteiger partial charge >= 0.3 is 6.18 Å². The van der Waals surface area contributed by atoms with Crippen LogP contribution in [-0.2, 0) is 4.74 Å². The summed E-state index contributed by atoms with van der Waals surface area (Å²) in [6.07, 6.45) is -0.742. The van der Waals surface area contributed by atoms with Crippen LogP contribution in [0.4, 0.5) is 13.2 Å². The molecule has 2 heterocycles. The summed E-state index contributed by atoms with van der Waals surface area (Å²) in [6.45, 7) is 6.57. The van der Waals surface area contributed by atoms with Gasteiger partial charge in [0.2, 0.25) is 0 Å². The minimum atomic E-state index is -4.15. The van der Waals surface area contributed by atoms with Gasteiger partial charge in [-0.2, -0.15) is 13.2 Å². The SMILES string of the molecule is CCNC(=NCC1(N2CCCC2)CCOCC1)NCCC(F)(F)F. The largest absolute Gasteiger partial charge is 0.390 e. The molecule has 2 N–H and O–H groups in total. The van der Waals surface area contributed by atoms with Crippen LogP contribution in [0.2, 0.25) is 0 Å². The summed E-state index contributed by atoms with van der Waals surface area (Å²) in [6, 6.07) is 0. The van der Waals surface area contributed by atoms with Gasteiger partial charge < -0.3 is 15.4 Å². The second-order valence-electron chi connectivity index (χ2n) is 6.52. The van der Waals surface area contributed by atoms with E-state index in [0.29, 0.717) is 19.0 Å². The molecule has 0 aromatic rings. The molecule has 24 heavy (non-hydrogen) atoms. The van der Waals surface area contributed by atoms with E-state index >= 15 is 0 Å².